The van der Waals surface area contributed by atoms with Gasteiger partial charge in [-0.05, 0) is 61.4 Å². The fraction of sp³-hybridized carbons (Fsp3) is 0.333. The third kappa shape index (κ3) is 11.3. The second kappa shape index (κ2) is 16.8. The molecule has 0 atom stereocenters. The smallest absolute Gasteiger partial charge is 0.338 e. The highest BCUT2D eigenvalue weighted by Gasteiger charge is 2.11. The number of hydrogen-bond acceptors (Lipinski definition) is 10. The molecule has 0 spiro atoms. The van der Waals surface area contributed by atoms with Crippen LogP contribution in [-0.2, 0) is 23.9 Å². The minimum absolute atomic E-state index is 0.171. The van der Waals surface area contributed by atoms with Crippen molar-refractivity contribution >= 4 is 35.4 Å². The molecule has 1 amide bonds. The first-order chi connectivity index (χ1) is 18.4. The van der Waals surface area contributed by atoms with Crippen LogP contribution in [0, 0.1) is 11.5 Å². The van der Waals surface area contributed by atoms with Crippen LogP contribution in [0.1, 0.15) is 59.2 Å². The Bertz CT molecular complexity index is 1180. The zero-order chi connectivity index (χ0) is 27.6. The molecular formula is C27H27N3O8. The number of Topliss-reactive ketones (excluding diaryl/α,β-unsaturated/α-hetero) is 1. The van der Waals surface area contributed by atoms with Crippen molar-refractivity contribution in [3.05, 3.63) is 59.7 Å². The van der Waals surface area contributed by atoms with E-state index in [0.29, 0.717) is 30.8 Å². The first-order valence-electron chi connectivity index (χ1n) is 11.9. The summed E-state index contributed by atoms with van der Waals surface area (Å²) >= 11 is 0. The van der Waals surface area contributed by atoms with E-state index in [1.807, 2.05) is 0 Å². The van der Waals surface area contributed by atoms with Gasteiger partial charge in [-0.2, -0.15) is 4.99 Å². The number of amides is 1. The molecule has 0 radical (unpaired) electrons. The molecule has 0 unspecified atom stereocenters. The Morgan fingerprint density at radius 1 is 0.789 bits per heavy atom. The molecular weight excluding hydrogens is 494 g/mol. The second-order valence-corrected chi connectivity index (χ2v) is 8.03. The number of nitrogens with one attached hydrogen (secondary N) is 1. The highest BCUT2D eigenvalue weighted by Crippen LogP contribution is 2.14. The van der Waals surface area contributed by atoms with E-state index in [1.165, 1.54) is 60.9 Å². The van der Waals surface area contributed by atoms with E-state index in [2.05, 4.69) is 15.0 Å². The number of aliphatic imine (C=N–C) groups is 1. The summed E-state index contributed by atoms with van der Waals surface area (Å²) in [7, 11) is 0. The van der Waals surface area contributed by atoms with E-state index in [4.69, 9.17) is 14.7 Å². The molecule has 0 aliphatic carbocycles. The maximum Gasteiger partial charge on any atom is 0.338 e. The maximum atomic E-state index is 12.0. The summed E-state index contributed by atoms with van der Waals surface area (Å²) in [6, 6.07) is 11.6. The van der Waals surface area contributed by atoms with Crippen molar-refractivity contribution in [1.82, 2.24) is 5.32 Å². The number of unbranched alkanes of at least 4 members (excludes halogenated alkanes) is 4. The van der Waals surface area contributed by atoms with Crippen molar-refractivity contribution in [3.63, 3.8) is 0 Å². The van der Waals surface area contributed by atoms with Crippen molar-refractivity contribution in [1.29, 1.82) is 5.26 Å². The monoisotopic (exact) mass is 521 g/mol. The van der Waals surface area contributed by atoms with E-state index >= 15 is 0 Å². The molecule has 11 nitrogen and oxygen atoms in total. The van der Waals surface area contributed by atoms with Crippen LogP contribution in [0.5, 0.6) is 5.75 Å². The molecule has 1 N–H and O–H groups in total. The van der Waals surface area contributed by atoms with E-state index < -0.39 is 24.5 Å². The molecule has 0 saturated carbocycles. The largest absolute Gasteiger partial charge is 0.454 e. The van der Waals surface area contributed by atoms with Gasteiger partial charge in [-0.15, -0.1) is 5.26 Å². The Morgan fingerprint density at radius 2 is 1.37 bits per heavy atom. The van der Waals surface area contributed by atoms with Gasteiger partial charge in [0.25, 0.3) is 12.2 Å². The Balaban J connectivity index is 1.47. The van der Waals surface area contributed by atoms with Crippen molar-refractivity contribution in [2.75, 3.05) is 19.8 Å². The topological polar surface area (TPSA) is 161 Å². The van der Waals surface area contributed by atoms with Gasteiger partial charge in [0.15, 0.2) is 12.4 Å². The first-order valence-corrected chi connectivity index (χ1v) is 11.9. The molecule has 2 rings (SSSR count). The van der Waals surface area contributed by atoms with Crippen LogP contribution in [0.3, 0.4) is 0 Å². The highest BCUT2D eigenvalue weighted by molar-refractivity contribution is 5.92. The van der Waals surface area contributed by atoms with E-state index in [1.54, 1.807) is 0 Å². The van der Waals surface area contributed by atoms with Gasteiger partial charge in [-0.1, -0.05) is 19.3 Å². The fourth-order valence-electron chi connectivity index (χ4n) is 3.21. The molecule has 0 aliphatic rings. The number of nitriles is 1. The quantitative estimate of drug-likeness (QED) is 0.114. The number of carbonyl (C=O) groups excluding carboxylic acids is 5. The molecule has 0 aliphatic heterocycles. The molecule has 198 valence electrons. The van der Waals surface area contributed by atoms with E-state index in [0.717, 1.165) is 25.7 Å². The molecule has 2 aromatic rings. The molecule has 11 heteroatoms. The van der Waals surface area contributed by atoms with E-state index in [-0.39, 0.29) is 23.5 Å². The normalized spacial score (nSPS) is 9.87. The number of ketones is 1. The molecule has 0 bridgehead atoms. The molecule has 0 aromatic heterocycles. The average Bonchev–Trinajstić information content (AvgIpc) is 2.93. The number of hydrogen-bond donors (Lipinski definition) is 1. The molecule has 38 heavy (non-hydrogen) atoms. The molecule has 2 aromatic carbocycles. The predicted octanol–water partition coefficient (Wildman–Crippen LogP) is 3.55. The van der Waals surface area contributed by atoms with Gasteiger partial charge in [0.2, 0.25) is 6.08 Å². The number of nitrogens with zero attached hydrogens (tertiary/aromatic N) is 2. The zero-order valence-electron chi connectivity index (χ0n) is 20.6. The minimum atomic E-state index is -0.660. The van der Waals surface area contributed by atoms with Crippen LogP contribution in [0.2, 0.25) is 0 Å². The Hall–Kier alpha value is -4.81. The second-order valence-electron chi connectivity index (χ2n) is 8.03. The van der Waals surface area contributed by atoms with Crippen LogP contribution in [-0.4, -0.2) is 49.5 Å². The highest BCUT2D eigenvalue weighted by atomic mass is 16.5. The lowest BCUT2D eigenvalue weighted by Crippen LogP contribution is -2.29. The fourth-order valence-corrected chi connectivity index (χ4v) is 3.21. The lowest BCUT2D eigenvalue weighted by Gasteiger charge is -2.07. The Kier molecular flexibility index (Phi) is 13.0. The van der Waals surface area contributed by atoms with Gasteiger partial charge in [-0.25, -0.2) is 14.4 Å². The van der Waals surface area contributed by atoms with Crippen LogP contribution < -0.4 is 10.1 Å². The van der Waals surface area contributed by atoms with E-state index in [9.17, 15) is 24.0 Å². The SMILES string of the molecule is N#COc1ccc(C(=O)OCC(=O)CCCCCCCNC(=O)COC(=O)c2ccc(N=C=O)cc2)cc1. The summed E-state index contributed by atoms with van der Waals surface area (Å²) in [5, 5.41) is 11.1. The minimum Gasteiger partial charge on any atom is -0.454 e. The number of rotatable bonds is 16. The number of carbonyl (C=O) groups is 4. The zero-order valence-corrected chi connectivity index (χ0v) is 20.6. The lowest BCUT2D eigenvalue weighted by atomic mass is 10.1. The van der Waals surface area contributed by atoms with Crippen molar-refractivity contribution in [3.8, 4) is 12.0 Å². The lowest BCUT2D eigenvalue weighted by molar-refractivity contribution is -0.124. The van der Waals surface area contributed by atoms with Gasteiger partial charge in [-0.3, -0.25) is 9.59 Å². The summed E-state index contributed by atoms with van der Waals surface area (Å²) in [5.41, 5.74) is 0.845. The van der Waals surface area contributed by atoms with Gasteiger partial charge >= 0.3 is 11.9 Å². The third-order valence-electron chi connectivity index (χ3n) is 5.18. The Morgan fingerprint density at radius 3 is 2.00 bits per heavy atom. The third-order valence-corrected chi connectivity index (χ3v) is 5.18. The average molecular weight is 522 g/mol. The maximum absolute atomic E-state index is 12.0. The first kappa shape index (κ1) is 29.4. The summed E-state index contributed by atoms with van der Waals surface area (Å²) in [4.78, 5) is 61.3. The van der Waals surface area contributed by atoms with Gasteiger partial charge in [0.05, 0.1) is 16.8 Å². The van der Waals surface area contributed by atoms with Crippen LogP contribution in [0.15, 0.2) is 53.5 Å². The van der Waals surface area contributed by atoms with Crippen molar-refractivity contribution in [2.24, 2.45) is 4.99 Å². The van der Waals surface area contributed by atoms with Gasteiger partial charge in [0.1, 0.15) is 12.4 Å². The number of isocyanates is 1. The molecule has 0 fully saturated rings. The predicted molar refractivity (Wildman–Crippen MR) is 133 cm³/mol. The number of esters is 2. The Labute approximate surface area is 219 Å². The molecule has 0 heterocycles. The van der Waals surface area contributed by atoms with Gasteiger partial charge in [0, 0.05) is 13.0 Å². The number of benzene rings is 2. The van der Waals surface area contributed by atoms with Crippen molar-refractivity contribution in [2.45, 2.75) is 38.5 Å². The summed E-state index contributed by atoms with van der Waals surface area (Å²) in [6.07, 6.45) is 7.19. The van der Waals surface area contributed by atoms with Gasteiger partial charge < -0.3 is 19.5 Å². The molecule has 0 saturated heterocycles. The van der Waals surface area contributed by atoms with Crippen LogP contribution in [0.25, 0.3) is 0 Å². The summed E-state index contributed by atoms with van der Waals surface area (Å²) in [5.74, 6) is -1.57. The standard InChI is InChI=1S/C27H27N3O8/c28-18-38-24-13-9-21(10-14-24)26(34)36-16-23(32)6-4-2-1-3-5-15-29-25(33)17-37-27(35)20-7-11-22(12-8-20)30-19-31/h7-14H,1-6,15-17H2,(H,29,33). The summed E-state index contributed by atoms with van der Waals surface area (Å²) < 4.78 is 14.6. The van der Waals surface area contributed by atoms with Crippen molar-refractivity contribution < 1.29 is 38.2 Å². The number of ether oxygens (including phenoxy) is 3. The van der Waals surface area contributed by atoms with Crippen LogP contribution in [0.4, 0.5) is 5.69 Å². The van der Waals surface area contributed by atoms with Crippen LogP contribution >= 0.6 is 0 Å². The summed E-state index contributed by atoms with van der Waals surface area (Å²) in [6.45, 7) is -0.264.